The molecule has 8 heteroatoms. The highest BCUT2D eigenvalue weighted by Crippen LogP contribution is 2.34. The van der Waals surface area contributed by atoms with E-state index in [-0.39, 0.29) is 23.7 Å². The van der Waals surface area contributed by atoms with Gasteiger partial charge in [-0.05, 0) is 50.9 Å². The van der Waals surface area contributed by atoms with Gasteiger partial charge < -0.3 is 5.32 Å². The first-order valence-electron chi connectivity index (χ1n) is 9.19. The Morgan fingerprint density at radius 3 is 2.60 bits per heavy atom. The van der Waals surface area contributed by atoms with Crippen LogP contribution in [0.4, 0.5) is 8.78 Å². The van der Waals surface area contributed by atoms with E-state index in [1.807, 2.05) is 0 Å². The fourth-order valence-electron chi connectivity index (χ4n) is 3.72. The van der Waals surface area contributed by atoms with Crippen LogP contribution in [0.15, 0.2) is 0 Å². The van der Waals surface area contributed by atoms with Gasteiger partial charge in [0.05, 0.1) is 18.6 Å². The van der Waals surface area contributed by atoms with Gasteiger partial charge >= 0.3 is 0 Å². The third-order valence-electron chi connectivity index (χ3n) is 5.52. The van der Waals surface area contributed by atoms with Crippen molar-refractivity contribution in [2.45, 2.75) is 78.7 Å². The summed E-state index contributed by atoms with van der Waals surface area (Å²) in [5.41, 5.74) is 2.44. The summed E-state index contributed by atoms with van der Waals surface area (Å²) in [6.45, 7) is 0.491. The summed E-state index contributed by atoms with van der Waals surface area (Å²) in [5.74, 6) is -0.478. The second kappa shape index (κ2) is 8.97. The molecule has 0 spiro atoms. The Bertz CT molecular complexity index is 472. The number of nitrogens with one attached hydrogen (secondary N) is 2. The number of hydroxylamine groups is 1. The van der Waals surface area contributed by atoms with Crippen molar-refractivity contribution >= 4 is 40.1 Å². The number of halogens is 4. The van der Waals surface area contributed by atoms with Crippen LogP contribution in [0, 0.1) is 11.8 Å². The summed E-state index contributed by atoms with van der Waals surface area (Å²) < 4.78 is 29.0. The van der Waals surface area contributed by atoms with Gasteiger partial charge in [0, 0.05) is 15.3 Å². The molecule has 0 aliphatic heterocycles. The Labute approximate surface area is 166 Å². The van der Waals surface area contributed by atoms with Crippen LogP contribution < -0.4 is 10.8 Å². The van der Waals surface area contributed by atoms with Gasteiger partial charge in [0.15, 0.2) is 0 Å². The van der Waals surface area contributed by atoms with Crippen LogP contribution in [-0.2, 0) is 9.63 Å². The van der Waals surface area contributed by atoms with E-state index in [1.165, 1.54) is 0 Å². The number of rotatable bonds is 6. The van der Waals surface area contributed by atoms with Gasteiger partial charge in [0.1, 0.15) is 12.3 Å². The maximum absolute atomic E-state index is 14.6. The van der Waals surface area contributed by atoms with Gasteiger partial charge in [-0.15, -0.1) is 11.6 Å². The molecule has 0 bridgehead atoms. The van der Waals surface area contributed by atoms with Crippen molar-refractivity contribution < 1.29 is 18.4 Å². The number of amides is 1. The van der Waals surface area contributed by atoms with E-state index in [4.69, 9.17) is 16.4 Å². The summed E-state index contributed by atoms with van der Waals surface area (Å²) in [5, 5.41) is 3.06. The first-order valence-corrected chi connectivity index (χ1v) is 10.9. The van der Waals surface area contributed by atoms with Crippen LogP contribution in [0.5, 0.6) is 0 Å². The minimum Gasteiger partial charge on any atom is -0.306 e. The fraction of sp³-hybridized carbons (Fsp3) is 0.941. The predicted molar refractivity (Wildman–Crippen MR) is 101 cm³/mol. The monoisotopic (exact) mass is 490 g/mol. The third-order valence-corrected chi connectivity index (χ3v) is 7.13. The molecule has 7 atom stereocenters. The van der Waals surface area contributed by atoms with Gasteiger partial charge in [-0.25, -0.2) is 14.3 Å². The van der Waals surface area contributed by atoms with Crippen LogP contribution in [-0.4, -0.2) is 46.2 Å². The molecule has 3 rings (SSSR count). The lowest BCUT2D eigenvalue weighted by molar-refractivity contribution is -0.142. The Kier molecular flexibility index (Phi) is 7.18. The molecule has 3 aliphatic carbocycles. The van der Waals surface area contributed by atoms with Crippen molar-refractivity contribution in [3.63, 3.8) is 0 Å². The molecule has 4 nitrogen and oxygen atoms in total. The standard InChI is InChI=1S/C17H26ClF2IN2O2/c18-12-7-10(21)3-6-14(12)22-16-11(4-5-13(19)15(16)20)17(24)23-25-8-9-1-2-9/h9-16,22H,1-8H2,(H,23,24). The van der Waals surface area contributed by atoms with Crippen LogP contribution in [0.2, 0.25) is 0 Å². The molecule has 0 heterocycles. The minimum atomic E-state index is -1.70. The highest BCUT2D eigenvalue weighted by atomic mass is 127. The van der Waals surface area contributed by atoms with E-state index >= 15 is 0 Å². The van der Waals surface area contributed by atoms with Crippen molar-refractivity contribution in [2.75, 3.05) is 6.61 Å². The summed E-state index contributed by atoms with van der Waals surface area (Å²) in [7, 11) is 0. The average Bonchev–Trinajstić information content (AvgIpc) is 3.38. The van der Waals surface area contributed by atoms with E-state index in [0.717, 1.165) is 32.1 Å². The lowest BCUT2D eigenvalue weighted by Crippen LogP contribution is -2.59. The molecule has 3 aliphatic rings. The number of hydrogen-bond donors (Lipinski definition) is 2. The molecular weight excluding hydrogens is 465 g/mol. The van der Waals surface area contributed by atoms with Crippen molar-refractivity contribution in [1.82, 2.24) is 10.8 Å². The quantitative estimate of drug-likeness (QED) is 0.341. The molecule has 2 N–H and O–H groups in total. The third kappa shape index (κ3) is 5.39. The van der Waals surface area contributed by atoms with E-state index in [0.29, 0.717) is 22.9 Å². The molecule has 0 aromatic heterocycles. The van der Waals surface area contributed by atoms with Crippen molar-refractivity contribution in [2.24, 2.45) is 11.8 Å². The molecule has 7 unspecified atom stereocenters. The highest BCUT2D eigenvalue weighted by Gasteiger charge is 2.45. The van der Waals surface area contributed by atoms with Crippen molar-refractivity contribution in [1.29, 1.82) is 0 Å². The lowest BCUT2D eigenvalue weighted by Gasteiger charge is -2.40. The van der Waals surface area contributed by atoms with Gasteiger partial charge in [-0.1, -0.05) is 22.6 Å². The minimum absolute atomic E-state index is 0.0604. The van der Waals surface area contributed by atoms with Crippen LogP contribution in [0.1, 0.15) is 44.9 Å². The molecule has 144 valence electrons. The molecule has 1 amide bonds. The maximum Gasteiger partial charge on any atom is 0.248 e. The fourth-order valence-corrected chi connectivity index (χ4v) is 5.34. The molecule has 3 fully saturated rings. The first kappa shape index (κ1) is 20.0. The second-order valence-electron chi connectivity index (χ2n) is 7.59. The Balaban J connectivity index is 1.59. The van der Waals surface area contributed by atoms with Gasteiger partial charge in [-0.2, -0.15) is 0 Å². The Morgan fingerprint density at radius 2 is 1.92 bits per heavy atom. The van der Waals surface area contributed by atoms with Gasteiger partial charge in [0.2, 0.25) is 5.91 Å². The molecule has 25 heavy (non-hydrogen) atoms. The normalized spacial score (nSPS) is 42.2. The number of carbonyl (C=O) groups excluding carboxylic acids is 1. The van der Waals surface area contributed by atoms with Gasteiger partial charge in [0.25, 0.3) is 0 Å². The Hall–Kier alpha value is 0.270. The van der Waals surface area contributed by atoms with Gasteiger partial charge in [-0.3, -0.25) is 9.63 Å². The van der Waals surface area contributed by atoms with Crippen molar-refractivity contribution in [3.8, 4) is 0 Å². The summed E-state index contributed by atoms with van der Waals surface area (Å²) in [6.07, 6.45) is 2.02. The van der Waals surface area contributed by atoms with Crippen LogP contribution in [0.25, 0.3) is 0 Å². The SMILES string of the molecule is O=C(NOCC1CC1)C1CCC(F)C(F)C1NC1CCC(I)CC1Cl. The zero-order valence-corrected chi connectivity index (χ0v) is 17.0. The topological polar surface area (TPSA) is 50.4 Å². The number of hydrogen-bond acceptors (Lipinski definition) is 3. The van der Waals surface area contributed by atoms with Crippen LogP contribution >= 0.6 is 34.2 Å². The van der Waals surface area contributed by atoms with Crippen molar-refractivity contribution in [3.05, 3.63) is 0 Å². The molecule has 0 aromatic rings. The first-order chi connectivity index (χ1) is 12.0. The van der Waals surface area contributed by atoms with E-state index < -0.39 is 24.3 Å². The maximum atomic E-state index is 14.6. The van der Waals surface area contributed by atoms with E-state index in [9.17, 15) is 13.6 Å². The largest absolute Gasteiger partial charge is 0.306 e. The smallest absolute Gasteiger partial charge is 0.248 e. The predicted octanol–water partition coefficient (Wildman–Crippen LogP) is 3.45. The number of carbonyl (C=O) groups is 1. The lowest BCUT2D eigenvalue weighted by atomic mass is 9.80. The van der Waals surface area contributed by atoms with E-state index in [1.54, 1.807) is 0 Å². The summed E-state index contributed by atoms with van der Waals surface area (Å²) in [6, 6.07) is -0.950. The molecule has 0 aromatic carbocycles. The molecular formula is C17H26ClF2IN2O2. The molecule has 3 saturated carbocycles. The second-order valence-corrected chi connectivity index (χ2v) is 9.91. The van der Waals surface area contributed by atoms with Crippen LogP contribution in [0.3, 0.4) is 0 Å². The zero-order valence-electron chi connectivity index (χ0n) is 14.1. The molecule has 0 radical (unpaired) electrons. The summed E-state index contributed by atoms with van der Waals surface area (Å²) >= 11 is 8.80. The number of alkyl halides is 4. The molecule has 0 saturated heterocycles. The zero-order chi connectivity index (χ0) is 18.0. The summed E-state index contributed by atoms with van der Waals surface area (Å²) in [4.78, 5) is 17.7. The van der Waals surface area contributed by atoms with E-state index in [2.05, 4.69) is 33.4 Å². The Morgan fingerprint density at radius 1 is 1.16 bits per heavy atom. The highest BCUT2D eigenvalue weighted by molar-refractivity contribution is 14.1. The average molecular weight is 491 g/mol.